The van der Waals surface area contributed by atoms with Gasteiger partial charge in [-0.1, -0.05) is 22.6 Å². The summed E-state index contributed by atoms with van der Waals surface area (Å²) in [6.45, 7) is 4.22. The maximum atomic E-state index is 4.10. The number of alkyl halides is 1. The molecule has 0 amide bonds. The summed E-state index contributed by atoms with van der Waals surface area (Å²) in [5, 5.41) is 4.10. The van der Waals surface area contributed by atoms with Crippen LogP contribution in [0, 0.1) is 0 Å². The van der Waals surface area contributed by atoms with Gasteiger partial charge in [0.15, 0.2) is 0 Å². The third-order valence-electron chi connectivity index (χ3n) is 1.05. The largest absolute Gasteiger partial charge is 0.257 e. The quantitative estimate of drug-likeness (QED) is 0.538. The maximum absolute atomic E-state index is 4.10. The minimum Gasteiger partial charge on any atom is -0.257 e. The lowest BCUT2D eigenvalue weighted by Crippen LogP contribution is -2.17. The Hall–Kier alpha value is -0.0600. The average Bonchev–Trinajstić information content (AvgIpc) is 2.08. The standard InChI is InChI=1S/C6H9IN2/c1-6(2,7)9-5-3-4-8-9/h3-5H,1-2H3. The fourth-order valence-electron chi connectivity index (χ4n) is 0.583. The smallest absolute Gasteiger partial charge is 0.108 e. The highest BCUT2D eigenvalue weighted by Gasteiger charge is 2.13. The second-order valence-corrected chi connectivity index (χ2v) is 5.00. The van der Waals surface area contributed by atoms with Crippen molar-refractivity contribution in [2.24, 2.45) is 0 Å². The SMILES string of the molecule is CC(C)(I)n1cccn1. The van der Waals surface area contributed by atoms with E-state index in [-0.39, 0.29) is 3.55 Å². The molecule has 9 heavy (non-hydrogen) atoms. The molecule has 2 nitrogen and oxygen atoms in total. The molecule has 1 heterocycles. The Kier molecular flexibility index (Phi) is 1.79. The normalized spacial score (nSPS) is 11.9. The van der Waals surface area contributed by atoms with Crippen LogP contribution in [-0.4, -0.2) is 9.78 Å². The van der Waals surface area contributed by atoms with Gasteiger partial charge in [0.25, 0.3) is 0 Å². The molecule has 1 aromatic heterocycles. The minimum atomic E-state index is 0.0985. The second-order valence-electron chi connectivity index (χ2n) is 2.36. The number of nitrogens with zero attached hydrogens (tertiary/aromatic N) is 2. The van der Waals surface area contributed by atoms with Crippen LogP contribution in [0.4, 0.5) is 0 Å². The molecule has 0 bridgehead atoms. The number of aromatic nitrogens is 2. The fourth-order valence-corrected chi connectivity index (χ4v) is 0.869. The first-order valence-corrected chi connectivity index (χ1v) is 3.87. The summed E-state index contributed by atoms with van der Waals surface area (Å²) in [5.74, 6) is 0. The van der Waals surface area contributed by atoms with Crippen molar-refractivity contribution in [3.05, 3.63) is 18.5 Å². The summed E-state index contributed by atoms with van der Waals surface area (Å²) in [4.78, 5) is 0. The molecule has 0 aliphatic heterocycles. The van der Waals surface area contributed by atoms with E-state index < -0.39 is 0 Å². The van der Waals surface area contributed by atoms with Crippen molar-refractivity contribution >= 4 is 22.6 Å². The third kappa shape index (κ3) is 1.67. The number of hydrogen-bond donors (Lipinski definition) is 0. The molecule has 0 saturated heterocycles. The number of hydrogen-bond acceptors (Lipinski definition) is 1. The Morgan fingerprint density at radius 3 is 2.44 bits per heavy atom. The molecule has 0 fully saturated rings. The number of rotatable bonds is 1. The highest BCUT2D eigenvalue weighted by atomic mass is 127. The Bertz CT molecular complexity index is 173. The van der Waals surface area contributed by atoms with E-state index >= 15 is 0 Å². The van der Waals surface area contributed by atoms with E-state index in [0.717, 1.165) is 0 Å². The molecule has 1 aromatic rings. The Labute approximate surface area is 68.4 Å². The summed E-state index contributed by atoms with van der Waals surface area (Å²) >= 11 is 2.34. The van der Waals surface area contributed by atoms with Gasteiger partial charge in [0.2, 0.25) is 0 Å². The van der Waals surface area contributed by atoms with Crippen LogP contribution in [-0.2, 0) is 3.55 Å². The summed E-state index contributed by atoms with van der Waals surface area (Å²) in [7, 11) is 0. The molecule has 0 spiro atoms. The molecule has 0 radical (unpaired) electrons. The van der Waals surface area contributed by atoms with Crippen molar-refractivity contribution in [1.82, 2.24) is 9.78 Å². The third-order valence-corrected chi connectivity index (χ3v) is 1.54. The van der Waals surface area contributed by atoms with Crippen molar-refractivity contribution < 1.29 is 0 Å². The highest BCUT2D eigenvalue weighted by molar-refractivity contribution is 14.1. The lowest BCUT2D eigenvalue weighted by Gasteiger charge is -2.16. The molecular weight excluding hydrogens is 227 g/mol. The van der Waals surface area contributed by atoms with Gasteiger partial charge in [-0.15, -0.1) is 0 Å². The molecule has 0 aromatic carbocycles. The van der Waals surface area contributed by atoms with Crippen LogP contribution >= 0.6 is 22.6 Å². The van der Waals surface area contributed by atoms with Gasteiger partial charge in [-0.2, -0.15) is 5.10 Å². The van der Waals surface area contributed by atoms with Crippen LogP contribution in [0.25, 0.3) is 0 Å². The van der Waals surface area contributed by atoms with Crippen LogP contribution in [0.2, 0.25) is 0 Å². The van der Waals surface area contributed by atoms with E-state index in [9.17, 15) is 0 Å². The lowest BCUT2D eigenvalue weighted by atomic mass is 10.4. The molecule has 1 rings (SSSR count). The Morgan fingerprint density at radius 2 is 2.22 bits per heavy atom. The summed E-state index contributed by atoms with van der Waals surface area (Å²) in [6.07, 6.45) is 3.76. The molecule has 3 heteroatoms. The van der Waals surface area contributed by atoms with Crippen LogP contribution < -0.4 is 0 Å². The molecule has 0 unspecified atom stereocenters. The molecular formula is C6H9IN2. The molecule has 0 atom stereocenters. The maximum Gasteiger partial charge on any atom is 0.108 e. The minimum absolute atomic E-state index is 0.0985. The molecule has 0 aliphatic rings. The Morgan fingerprint density at radius 1 is 1.56 bits per heavy atom. The van der Waals surface area contributed by atoms with Gasteiger partial charge >= 0.3 is 0 Å². The van der Waals surface area contributed by atoms with E-state index in [1.807, 2.05) is 16.9 Å². The summed E-state index contributed by atoms with van der Waals surface area (Å²) in [5.41, 5.74) is 0. The summed E-state index contributed by atoms with van der Waals surface area (Å²) < 4.78 is 2.02. The predicted molar refractivity (Wildman–Crippen MR) is 45.6 cm³/mol. The van der Waals surface area contributed by atoms with Gasteiger partial charge in [-0.05, 0) is 19.9 Å². The van der Waals surface area contributed by atoms with Gasteiger partial charge in [-0.3, -0.25) is 4.68 Å². The van der Waals surface area contributed by atoms with Crippen LogP contribution in [0.15, 0.2) is 18.5 Å². The molecule has 0 saturated carbocycles. The summed E-state index contributed by atoms with van der Waals surface area (Å²) in [6, 6.07) is 1.93. The van der Waals surface area contributed by atoms with E-state index in [2.05, 4.69) is 41.5 Å². The van der Waals surface area contributed by atoms with E-state index in [1.165, 1.54) is 0 Å². The zero-order valence-corrected chi connectivity index (χ0v) is 7.66. The second kappa shape index (κ2) is 2.28. The first-order valence-electron chi connectivity index (χ1n) is 2.80. The van der Waals surface area contributed by atoms with Crippen molar-refractivity contribution in [2.45, 2.75) is 17.4 Å². The van der Waals surface area contributed by atoms with Gasteiger partial charge in [0.05, 0.1) is 0 Å². The van der Waals surface area contributed by atoms with Crippen LogP contribution in [0.5, 0.6) is 0 Å². The first-order chi connectivity index (χ1) is 4.11. The molecule has 0 aliphatic carbocycles. The van der Waals surface area contributed by atoms with Gasteiger partial charge in [0.1, 0.15) is 3.55 Å². The van der Waals surface area contributed by atoms with Crippen LogP contribution in [0.3, 0.4) is 0 Å². The van der Waals surface area contributed by atoms with E-state index in [4.69, 9.17) is 0 Å². The fraction of sp³-hybridized carbons (Fsp3) is 0.500. The van der Waals surface area contributed by atoms with Gasteiger partial charge in [0, 0.05) is 12.4 Å². The van der Waals surface area contributed by atoms with Crippen molar-refractivity contribution in [1.29, 1.82) is 0 Å². The lowest BCUT2D eigenvalue weighted by molar-refractivity contribution is 0.506. The predicted octanol–water partition coefficient (Wildman–Crippen LogP) is 2.01. The zero-order valence-electron chi connectivity index (χ0n) is 5.50. The number of halogens is 1. The average molecular weight is 236 g/mol. The van der Waals surface area contributed by atoms with Crippen molar-refractivity contribution in [3.63, 3.8) is 0 Å². The van der Waals surface area contributed by atoms with Crippen molar-refractivity contribution in [2.75, 3.05) is 0 Å². The highest BCUT2D eigenvalue weighted by Crippen LogP contribution is 2.21. The van der Waals surface area contributed by atoms with E-state index in [1.54, 1.807) is 6.20 Å². The van der Waals surface area contributed by atoms with Gasteiger partial charge in [-0.25, -0.2) is 0 Å². The monoisotopic (exact) mass is 236 g/mol. The van der Waals surface area contributed by atoms with E-state index in [0.29, 0.717) is 0 Å². The van der Waals surface area contributed by atoms with Gasteiger partial charge < -0.3 is 0 Å². The van der Waals surface area contributed by atoms with Crippen molar-refractivity contribution in [3.8, 4) is 0 Å². The molecule has 0 N–H and O–H groups in total. The molecule has 50 valence electrons. The zero-order chi connectivity index (χ0) is 6.91. The Balaban J connectivity index is 2.90. The topological polar surface area (TPSA) is 17.8 Å². The first kappa shape index (κ1) is 7.05. The van der Waals surface area contributed by atoms with Crippen LogP contribution in [0.1, 0.15) is 13.8 Å².